The predicted molar refractivity (Wildman–Crippen MR) is 96.9 cm³/mol. The van der Waals surface area contributed by atoms with E-state index < -0.39 is 30.4 Å². The van der Waals surface area contributed by atoms with E-state index in [9.17, 15) is 19.2 Å². The number of amides is 3. The number of ether oxygens (including phenoxy) is 1. The van der Waals surface area contributed by atoms with Gasteiger partial charge in [-0.25, -0.2) is 4.79 Å². The number of hydrogen-bond acceptors (Lipinski definition) is 5. The Morgan fingerprint density at radius 2 is 1.48 bits per heavy atom. The Balaban J connectivity index is 2.46. The monoisotopic (exact) mass is 379 g/mol. The molecule has 0 atom stereocenters. The summed E-state index contributed by atoms with van der Waals surface area (Å²) in [4.78, 5) is 49.9. The molecule has 0 heterocycles. The van der Waals surface area contributed by atoms with Crippen LogP contribution < -0.4 is 0 Å². The van der Waals surface area contributed by atoms with Crippen LogP contribution >= 0.6 is 0 Å². The SMILES string of the molecule is Cc1cccc(COC(=O)N(C)CC(=O)N(C)CC(=O)N(C)CC(=O)O)c1. The Kier molecular flexibility index (Phi) is 8.25. The van der Waals surface area contributed by atoms with E-state index in [4.69, 9.17) is 9.84 Å². The number of aliphatic carboxylic acids is 1. The molecule has 9 nitrogen and oxygen atoms in total. The van der Waals surface area contributed by atoms with E-state index in [2.05, 4.69) is 0 Å². The molecule has 0 saturated heterocycles. The Morgan fingerprint density at radius 3 is 2.04 bits per heavy atom. The van der Waals surface area contributed by atoms with E-state index in [1.807, 2.05) is 31.2 Å². The zero-order chi connectivity index (χ0) is 20.6. The minimum atomic E-state index is -1.14. The van der Waals surface area contributed by atoms with Gasteiger partial charge in [-0.05, 0) is 12.5 Å². The molecule has 0 aliphatic heterocycles. The molecule has 0 aliphatic carbocycles. The third kappa shape index (κ3) is 7.76. The van der Waals surface area contributed by atoms with Crippen LogP contribution in [0.25, 0.3) is 0 Å². The van der Waals surface area contributed by atoms with E-state index in [1.165, 1.54) is 21.1 Å². The standard InChI is InChI=1S/C18H25N3O6/c1-13-6-5-7-14(8-13)12-27-18(26)21(4)10-16(23)19(2)9-15(22)20(3)11-17(24)25/h5-8H,9-12H2,1-4H3,(H,24,25). The highest BCUT2D eigenvalue weighted by Crippen LogP contribution is 2.06. The summed E-state index contributed by atoms with van der Waals surface area (Å²) in [6.07, 6.45) is -0.660. The minimum absolute atomic E-state index is 0.0906. The first-order valence-corrected chi connectivity index (χ1v) is 8.23. The van der Waals surface area contributed by atoms with Crippen LogP contribution in [-0.2, 0) is 25.7 Å². The van der Waals surface area contributed by atoms with Gasteiger partial charge in [-0.2, -0.15) is 0 Å². The normalized spacial score (nSPS) is 10.1. The Labute approximate surface area is 158 Å². The van der Waals surface area contributed by atoms with Crippen molar-refractivity contribution in [3.05, 3.63) is 35.4 Å². The van der Waals surface area contributed by atoms with Gasteiger partial charge in [0.1, 0.15) is 19.7 Å². The maximum absolute atomic E-state index is 12.1. The van der Waals surface area contributed by atoms with Crippen molar-refractivity contribution in [2.45, 2.75) is 13.5 Å². The van der Waals surface area contributed by atoms with Crippen molar-refractivity contribution in [1.82, 2.24) is 14.7 Å². The zero-order valence-electron chi connectivity index (χ0n) is 16.0. The second kappa shape index (κ2) is 10.1. The average molecular weight is 379 g/mol. The summed E-state index contributed by atoms with van der Waals surface area (Å²) < 4.78 is 5.16. The van der Waals surface area contributed by atoms with Crippen LogP contribution in [0, 0.1) is 6.92 Å². The van der Waals surface area contributed by atoms with Gasteiger partial charge in [-0.3, -0.25) is 14.4 Å². The van der Waals surface area contributed by atoms with Crippen molar-refractivity contribution in [2.75, 3.05) is 40.8 Å². The lowest BCUT2D eigenvalue weighted by molar-refractivity contribution is -0.145. The number of carbonyl (C=O) groups is 4. The van der Waals surface area contributed by atoms with Gasteiger partial charge in [0, 0.05) is 21.1 Å². The molecule has 1 aromatic rings. The van der Waals surface area contributed by atoms with E-state index in [0.717, 1.165) is 25.8 Å². The van der Waals surface area contributed by atoms with Crippen molar-refractivity contribution in [1.29, 1.82) is 0 Å². The van der Waals surface area contributed by atoms with Gasteiger partial charge >= 0.3 is 12.1 Å². The van der Waals surface area contributed by atoms with E-state index in [1.54, 1.807) is 0 Å². The van der Waals surface area contributed by atoms with Crippen molar-refractivity contribution in [3.63, 3.8) is 0 Å². The topological polar surface area (TPSA) is 107 Å². The number of hydrogen-bond donors (Lipinski definition) is 1. The van der Waals surface area contributed by atoms with Crippen molar-refractivity contribution in [3.8, 4) is 0 Å². The highest BCUT2D eigenvalue weighted by atomic mass is 16.6. The summed E-state index contributed by atoms with van der Waals surface area (Å²) in [5.41, 5.74) is 1.89. The third-order valence-corrected chi connectivity index (χ3v) is 3.73. The first kappa shape index (κ1) is 21.9. The molecule has 0 saturated carbocycles. The highest BCUT2D eigenvalue weighted by Gasteiger charge is 2.21. The number of aryl methyl sites for hydroxylation is 1. The quantitative estimate of drug-likeness (QED) is 0.707. The number of carboxylic acid groups (broad SMARTS) is 1. The molecular formula is C18H25N3O6. The predicted octanol–water partition coefficient (Wildman–Crippen LogP) is 0.565. The minimum Gasteiger partial charge on any atom is -0.480 e. The molecule has 0 unspecified atom stereocenters. The molecule has 0 aromatic heterocycles. The molecule has 0 bridgehead atoms. The summed E-state index contributed by atoms with van der Waals surface area (Å²) >= 11 is 0. The van der Waals surface area contributed by atoms with Crippen molar-refractivity contribution >= 4 is 23.9 Å². The largest absolute Gasteiger partial charge is 0.480 e. The van der Waals surface area contributed by atoms with Crippen molar-refractivity contribution < 1.29 is 29.0 Å². The van der Waals surface area contributed by atoms with Gasteiger partial charge in [0.25, 0.3) is 0 Å². The highest BCUT2D eigenvalue weighted by molar-refractivity contribution is 5.88. The lowest BCUT2D eigenvalue weighted by Crippen LogP contribution is -2.45. The van der Waals surface area contributed by atoms with Gasteiger partial charge in [0.15, 0.2) is 0 Å². The van der Waals surface area contributed by atoms with Gasteiger partial charge in [-0.1, -0.05) is 29.8 Å². The second-order valence-electron chi connectivity index (χ2n) is 6.29. The van der Waals surface area contributed by atoms with E-state index in [-0.39, 0.29) is 19.7 Å². The van der Waals surface area contributed by atoms with Crippen LogP contribution in [0.1, 0.15) is 11.1 Å². The van der Waals surface area contributed by atoms with Crippen LogP contribution in [0.15, 0.2) is 24.3 Å². The number of likely N-dealkylation sites (N-methyl/N-ethyl adjacent to an activating group) is 3. The molecule has 27 heavy (non-hydrogen) atoms. The number of carboxylic acids is 1. The van der Waals surface area contributed by atoms with Crippen LogP contribution in [0.4, 0.5) is 4.79 Å². The summed E-state index contributed by atoms with van der Waals surface area (Å²) in [5, 5.41) is 8.67. The molecule has 0 spiro atoms. The molecule has 148 valence electrons. The molecule has 0 fully saturated rings. The second-order valence-corrected chi connectivity index (χ2v) is 6.29. The molecule has 9 heteroatoms. The van der Waals surface area contributed by atoms with Crippen LogP contribution in [0.3, 0.4) is 0 Å². The van der Waals surface area contributed by atoms with Gasteiger partial charge in [-0.15, -0.1) is 0 Å². The molecule has 1 rings (SSSR count). The Morgan fingerprint density at radius 1 is 0.926 bits per heavy atom. The molecular weight excluding hydrogens is 354 g/mol. The summed E-state index contributed by atoms with van der Waals surface area (Å²) in [5.74, 6) is -2.13. The van der Waals surface area contributed by atoms with Crippen LogP contribution in [0.5, 0.6) is 0 Å². The van der Waals surface area contributed by atoms with Gasteiger partial charge in [0.05, 0.1) is 6.54 Å². The first-order chi connectivity index (χ1) is 12.6. The lowest BCUT2D eigenvalue weighted by atomic mass is 10.1. The van der Waals surface area contributed by atoms with E-state index >= 15 is 0 Å². The van der Waals surface area contributed by atoms with Crippen molar-refractivity contribution in [2.24, 2.45) is 0 Å². The number of carbonyl (C=O) groups excluding carboxylic acids is 3. The first-order valence-electron chi connectivity index (χ1n) is 8.23. The third-order valence-electron chi connectivity index (χ3n) is 3.73. The zero-order valence-corrected chi connectivity index (χ0v) is 16.0. The van der Waals surface area contributed by atoms with Gasteiger partial charge in [0.2, 0.25) is 11.8 Å². The number of rotatable bonds is 8. The fourth-order valence-electron chi connectivity index (χ4n) is 2.15. The lowest BCUT2D eigenvalue weighted by Gasteiger charge is -2.23. The molecule has 0 radical (unpaired) electrons. The Hall–Kier alpha value is -3.10. The van der Waals surface area contributed by atoms with Crippen LogP contribution in [0.2, 0.25) is 0 Å². The average Bonchev–Trinajstić information content (AvgIpc) is 2.58. The molecule has 3 amide bonds. The smallest absolute Gasteiger partial charge is 0.410 e. The molecule has 1 N–H and O–H groups in total. The maximum Gasteiger partial charge on any atom is 0.410 e. The Bertz CT molecular complexity index is 706. The number of benzene rings is 1. The molecule has 0 aliphatic rings. The fraction of sp³-hybridized carbons (Fsp3) is 0.444. The summed E-state index contributed by atoms with van der Waals surface area (Å²) in [7, 11) is 4.16. The maximum atomic E-state index is 12.1. The molecule has 1 aromatic carbocycles. The number of nitrogens with zero attached hydrogens (tertiary/aromatic N) is 3. The van der Waals surface area contributed by atoms with E-state index in [0.29, 0.717) is 0 Å². The summed E-state index contributed by atoms with van der Waals surface area (Å²) in [6.45, 7) is 1.02. The summed E-state index contributed by atoms with van der Waals surface area (Å²) in [6, 6.07) is 7.52. The van der Waals surface area contributed by atoms with Crippen LogP contribution in [-0.4, -0.2) is 84.5 Å². The van der Waals surface area contributed by atoms with Gasteiger partial charge < -0.3 is 24.5 Å². The fourth-order valence-corrected chi connectivity index (χ4v) is 2.15.